The lowest BCUT2D eigenvalue weighted by Gasteiger charge is -2.08. The van der Waals surface area contributed by atoms with Gasteiger partial charge in [0.15, 0.2) is 11.5 Å². The van der Waals surface area contributed by atoms with Crippen molar-refractivity contribution in [3.05, 3.63) is 36.2 Å². The Hall–Kier alpha value is -2.68. The van der Waals surface area contributed by atoms with E-state index in [9.17, 15) is 18.3 Å². The number of phenolic OH excluding ortho intramolecular Hbond substituents is 1. The standard InChI is InChI=1S/C12H12N2O6S/c1-20-11-3-2-7(4-10(11)15)14-21(18,19)8-5-9(12(16)17)13-6-8/h2-6,13-15H,1H3,(H,16,17). The van der Waals surface area contributed by atoms with Crippen LogP contribution in [0.15, 0.2) is 35.4 Å². The third-order valence-corrected chi connectivity index (χ3v) is 3.99. The summed E-state index contributed by atoms with van der Waals surface area (Å²) in [6.45, 7) is 0. The molecule has 0 spiro atoms. The van der Waals surface area contributed by atoms with Gasteiger partial charge >= 0.3 is 5.97 Å². The molecule has 0 saturated carbocycles. The molecule has 8 nitrogen and oxygen atoms in total. The first-order chi connectivity index (χ1) is 9.83. The number of rotatable bonds is 5. The van der Waals surface area contributed by atoms with Gasteiger partial charge in [-0.05, 0) is 18.2 Å². The van der Waals surface area contributed by atoms with Crippen LogP contribution in [0.4, 0.5) is 5.69 Å². The molecule has 2 rings (SSSR count). The summed E-state index contributed by atoms with van der Waals surface area (Å²) in [5, 5.41) is 18.3. The zero-order valence-electron chi connectivity index (χ0n) is 10.8. The summed E-state index contributed by atoms with van der Waals surface area (Å²) in [5.74, 6) is -1.29. The molecule has 0 radical (unpaired) electrons. The number of hydrogen-bond acceptors (Lipinski definition) is 5. The predicted octanol–water partition coefficient (Wildman–Crippen LogP) is 1.23. The molecular weight excluding hydrogens is 300 g/mol. The fourth-order valence-electron chi connectivity index (χ4n) is 1.62. The minimum absolute atomic E-state index is 0.117. The van der Waals surface area contributed by atoms with Gasteiger partial charge in [0.05, 0.1) is 12.8 Å². The maximum atomic E-state index is 12.1. The van der Waals surface area contributed by atoms with E-state index in [0.717, 1.165) is 12.3 Å². The predicted molar refractivity (Wildman–Crippen MR) is 73.2 cm³/mol. The number of carbonyl (C=O) groups is 1. The molecule has 0 saturated heterocycles. The molecule has 1 heterocycles. The minimum Gasteiger partial charge on any atom is -0.504 e. The van der Waals surface area contributed by atoms with Crippen LogP contribution in [0.1, 0.15) is 10.5 Å². The largest absolute Gasteiger partial charge is 0.504 e. The molecule has 2 aromatic rings. The lowest BCUT2D eigenvalue weighted by Crippen LogP contribution is -2.12. The number of sulfonamides is 1. The van der Waals surface area contributed by atoms with Crippen molar-refractivity contribution in [3.63, 3.8) is 0 Å². The maximum Gasteiger partial charge on any atom is 0.352 e. The number of methoxy groups -OCH3 is 1. The average molecular weight is 312 g/mol. The Morgan fingerprint density at radius 1 is 1.33 bits per heavy atom. The number of H-pyrrole nitrogens is 1. The molecule has 0 unspecified atom stereocenters. The molecule has 1 aromatic carbocycles. The van der Waals surface area contributed by atoms with Gasteiger partial charge in [-0.1, -0.05) is 0 Å². The third kappa shape index (κ3) is 3.08. The highest BCUT2D eigenvalue weighted by molar-refractivity contribution is 7.92. The van der Waals surface area contributed by atoms with Crippen molar-refractivity contribution >= 4 is 21.7 Å². The molecule has 21 heavy (non-hydrogen) atoms. The van der Waals surface area contributed by atoms with Crippen molar-refractivity contribution in [1.82, 2.24) is 4.98 Å². The van der Waals surface area contributed by atoms with Crippen molar-refractivity contribution in [2.24, 2.45) is 0 Å². The van der Waals surface area contributed by atoms with E-state index in [4.69, 9.17) is 9.84 Å². The molecule has 9 heteroatoms. The van der Waals surface area contributed by atoms with Gasteiger partial charge in [0.1, 0.15) is 10.6 Å². The second-order valence-corrected chi connectivity index (χ2v) is 5.73. The third-order valence-electron chi connectivity index (χ3n) is 2.63. The molecule has 0 aliphatic rings. The summed E-state index contributed by atoms with van der Waals surface area (Å²) in [4.78, 5) is 12.8. The normalized spacial score (nSPS) is 11.1. The first-order valence-electron chi connectivity index (χ1n) is 5.65. The van der Waals surface area contributed by atoms with Crippen LogP contribution in [0.25, 0.3) is 0 Å². The van der Waals surface area contributed by atoms with Gasteiger partial charge in [0, 0.05) is 12.3 Å². The summed E-state index contributed by atoms with van der Waals surface area (Å²) in [7, 11) is -2.59. The molecule has 4 N–H and O–H groups in total. The highest BCUT2D eigenvalue weighted by Gasteiger charge is 2.18. The second-order valence-electron chi connectivity index (χ2n) is 4.05. The van der Waals surface area contributed by atoms with Crippen molar-refractivity contribution < 1.29 is 28.2 Å². The number of aromatic amines is 1. The second kappa shape index (κ2) is 5.37. The smallest absolute Gasteiger partial charge is 0.352 e. The molecule has 0 fully saturated rings. The topological polar surface area (TPSA) is 129 Å². The first-order valence-corrected chi connectivity index (χ1v) is 7.13. The van der Waals surface area contributed by atoms with E-state index in [0.29, 0.717) is 0 Å². The zero-order chi connectivity index (χ0) is 15.6. The number of hydrogen-bond donors (Lipinski definition) is 4. The van der Waals surface area contributed by atoms with Crippen LogP contribution in [-0.2, 0) is 10.0 Å². The fourth-order valence-corrected chi connectivity index (χ4v) is 2.66. The van der Waals surface area contributed by atoms with Gasteiger partial charge in [-0.15, -0.1) is 0 Å². The molecule has 1 aromatic heterocycles. The van der Waals surface area contributed by atoms with Crippen molar-refractivity contribution in [2.75, 3.05) is 11.8 Å². The van der Waals surface area contributed by atoms with Crippen LogP contribution in [0.5, 0.6) is 11.5 Å². The molecular formula is C12H12N2O6S. The molecule has 112 valence electrons. The number of nitrogens with one attached hydrogen (secondary N) is 2. The van der Waals surface area contributed by atoms with Gasteiger partial charge in [0.25, 0.3) is 10.0 Å². The average Bonchev–Trinajstić information content (AvgIpc) is 2.89. The Kier molecular flexibility index (Phi) is 3.76. The molecule has 0 bridgehead atoms. The lowest BCUT2D eigenvalue weighted by atomic mass is 10.3. The van der Waals surface area contributed by atoms with E-state index >= 15 is 0 Å². The van der Waals surface area contributed by atoms with Gasteiger partial charge in [-0.2, -0.15) is 0 Å². The number of carboxylic acid groups (broad SMARTS) is 1. The van der Waals surface area contributed by atoms with Crippen LogP contribution in [-0.4, -0.2) is 36.7 Å². The van der Waals surface area contributed by atoms with Gasteiger partial charge in [-0.3, -0.25) is 4.72 Å². The number of aromatic carboxylic acids is 1. The summed E-state index contributed by atoms with van der Waals surface area (Å²) in [6, 6.07) is 4.98. The number of aromatic nitrogens is 1. The Morgan fingerprint density at radius 3 is 2.57 bits per heavy atom. The van der Waals surface area contributed by atoms with Gasteiger partial charge in [-0.25, -0.2) is 13.2 Å². The lowest BCUT2D eigenvalue weighted by molar-refractivity contribution is 0.0691. The van der Waals surface area contributed by atoms with Crippen LogP contribution < -0.4 is 9.46 Å². The molecule has 0 atom stereocenters. The van der Waals surface area contributed by atoms with Crippen molar-refractivity contribution in [3.8, 4) is 11.5 Å². The highest BCUT2D eigenvalue weighted by Crippen LogP contribution is 2.29. The molecule has 0 aliphatic carbocycles. The Balaban J connectivity index is 2.28. The molecule has 0 aliphatic heterocycles. The number of anilines is 1. The number of carboxylic acids is 1. The van der Waals surface area contributed by atoms with Gasteiger partial charge in [0.2, 0.25) is 0 Å². The number of ether oxygens (including phenoxy) is 1. The Morgan fingerprint density at radius 2 is 2.05 bits per heavy atom. The van der Waals surface area contributed by atoms with Crippen LogP contribution >= 0.6 is 0 Å². The van der Waals surface area contributed by atoms with Crippen molar-refractivity contribution in [2.45, 2.75) is 4.90 Å². The van der Waals surface area contributed by atoms with Crippen LogP contribution in [0.2, 0.25) is 0 Å². The highest BCUT2D eigenvalue weighted by atomic mass is 32.2. The summed E-state index contributed by atoms with van der Waals surface area (Å²) in [5.41, 5.74) is -0.126. The zero-order valence-corrected chi connectivity index (χ0v) is 11.6. The van der Waals surface area contributed by atoms with E-state index in [1.165, 1.54) is 25.3 Å². The maximum absolute atomic E-state index is 12.1. The fraction of sp³-hybridized carbons (Fsp3) is 0.0833. The van der Waals surface area contributed by atoms with E-state index in [1.54, 1.807) is 0 Å². The number of benzene rings is 1. The quantitative estimate of drug-likeness (QED) is 0.657. The SMILES string of the molecule is COc1ccc(NS(=O)(=O)c2c[nH]c(C(=O)O)c2)cc1O. The number of aromatic hydroxyl groups is 1. The van der Waals surface area contributed by atoms with Crippen molar-refractivity contribution in [1.29, 1.82) is 0 Å². The van der Waals surface area contributed by atoms with E-state index in [2.05, 4.69) is 9.71 Å². The summed E-state index contributed by atoms with van der Waals surface area (Å²) >= 11 is 0. The van der Waals surface area contributed by atoms with Crippen LogP contribution in [0.3, 0.4) is 0 Å². The Labute approximate surface area is 120 Å². The van der Waals surface area contributed by atoms with E-state index < -0.39 is 16.0 Å². The molecule has 0 amide bonds. The van der Waals surface area contributed by atoms with E-state index in [-0.39, 0.29) is 27.8 Å². The van der Waals surface area contributed by atoms with E-state index in [1.807, 2.05) is 0 Å². The monoisotopic (exact) mass is 312 g/mol. The Bertz CT molecular complexity index is 781. The van der Waals surface area contributed by atoms with Gasteiger partial charge < -0.3 is 19.9 Å². The van der Waals surface area contributed by atoms with Crippen LogP contribution in [0, 0.1) is 0 Å². The minimum atomic E-state index is -3.96. The summed E-state index contributed by atoms with van der Waals surface area (Å²) < 4.78 is 31.2. The number of phenols is 1. The first kappa shape index (κ1) is 14.7. The summed E-state index contributed by atoms with van der Waals surface area (Å²) in [6.07, 6.45) is 1.06.